The lowest BCUT2D eigenvalue weighted by atomic mass is 10.2. The molecule has 30 heavy (non-hydrogen) atoms. The van der Waals surface area contributed by atoms with Crippen molar-refractivity contribution in [2.75, 3.05) is 13.2 Å². The predicted molar refractivity (Wildman–Crippen MR) is 100 cm³/mol. The van der Waals surface area contributed by atoms with Gasteiger partial charge in [-0.1, -0.05) is 0 Å². The Bertz CT molecular complexity index is 977. The summed E-state index contributed by atoms with van der Waals surface area (Å²) < 4.78 is 43.4. The highest BCUT2D eigenvalue weighted by atomic mass is 19.4. The molecule has 158 valence electrons. The number of carbonyl (C=O) groups is 1. The maximum absolute atomic E-state index is 13.1. The standard InChI is InChI=1S/C19H19F3N6O2/c1-3-27(13(2)12-30-16-7-6-14(11-24-16)19(20,21)22)18(29)15-5-4-8-23-17(15)28-25-9-10-26-28/h4-11,13H,3,12H2,1-2H3/t13-/m0/s1. The Morgan fingerprint density at radius 3 is 2.50 bits per heavy atom. The molecule has 0 saturated carbocycles. The van der Waals surface area contributed by atoms with E-state index < -0.39 is 11.7 Å². The van der Waals surface area contributed by atoms with Crippen molar-refractivity contribution in [1.82, 2.24) is 29.9 Å². The molecule has 3 rings (SSSR count). The van der Waals surface area contributed by atoms with Gasteiger partial charge in [-0.2, -0.15) is 23.4 Å². The number of carbonyl (C=O) groups excluding carboxylic acids is 1. The van der Waals surface area contributed by atoms with Crippen molar-refractivity contribution in [3.63, 3.8) is 0 Å². The zero-order valence-corrected chi connectivity index (χ0v) is 16.2. The van der Waals surface area contributed by atoms with E-state index in [0.29, 0.717) is 24.1 Å². The SMILES string of the molecule is CCN(C(=O)c1cccnc1-n1nccn1)[C@@H](C)COc1ccc(C(F)(F)F)cn1. The minimum Gasteiger partial charge on any atom is -0.475 e. The van der Waals surface area contributed by atoms with E-state index in [4.69, 9.17) is 4.74 Å². The van der Waals surface area contributed by atoms with Crippen molar-refractivity contribution in [3.8, 4) is 11.7 Å². The van der Waals surface area contributed by atoms with Gasteiger partial charge < -0.3 is 9.64 Å². The third-order valence-corrected chi connectivity index (χ3v) is 4.29. The van der Waals surface area contributed by atoms with Gasteiger partial charge in [-0.3, -0.25) is 4.79 Å². The number of nitrogens with zero attached hydrogens (tertiary/aromatic N) is 6. The molecule has 0 bridgehead atoms. The molecule has 3 aromatic heterocycles. The van der Waals surface area contributed by atoms with Crippen LogP contribution in [0.3, 0.4) is 0 Å². The molecule has 1 atom stereocenters. The topological polar surface area (TPSA) is 86.0 Å². The third kappa shape index (κ3) is 4.73. The minimum atomic E-state index is -4.46. The lowest BCUT2D eigenvalue weighted by molar-refractivity contribution is -0.137. The first kappa shape index (κ1) is 21.2. The number of amides is 1. The summed E-state index contributed by atoms with van der Waals surface area (Å²) in [5.41, 5.74) is -0.542. The number of ether oxygens (including phenoxy) is 1. The highest BCUT2D eigenvalue weighted by Gasteiger charge is 2.31. The van der Waals surface area contributed by atoms with E-state index in [1.807, 2.05) is 6.92 Å². The van der Waals surface area contributed by atoms with Crippen molar-refractivity contribution >= 4 is 5.91 Å². The second-order valence-corrected chi connectivity index (χ2v) is 6.33. The molecule has 0 fully saturated rings. The molecule has 0 spiro atoms. The average molecular weight is 420 g/mol. The van der Waals surface area contributed by atoms with Gasteiger partial charge in [0.25, 0.3) is 5.91 Å². The van der Waals surface area contributed by atoms with Crippen LogP contribution in [0.1, 0.15) is 29.8 Å². The average Bonchev–Trinajstić information content (AvgIpc) is 3.27. The molecule has 0 aliphatic carbocycles. The Hall–Kier alpha value is -3.50. The number of hydrogen-bond donors (Lipinski definition) is 0. The maximum atomic E-state index is 13.1. The van der Waals surface area contributed by atoms with E-state index in [2.05, 4.69) is 20.2 Å². The van der Waals surface area contributed by atoms with Crippen LogP contribution in [0.25, 0.3) is 5.82 Å². The van der Waals surface area contributed by atoms with Crippen LogP contribution in [0.2, 0.25) is 0 Å². The number of pyridine rings is 2. The van der Waals surface area contributed by atoms with E-state index in [-0.39, 0.29) is 24.4 Å². The van der Waals surface area contributed by atoms with Crippen molar-refractivity contribution in [1.29, 1.82) is 0 Å². The quantitative estimate of drug-likeness (QED) is 0.584. The second kappa shape index (κ2) is 8.89. The second-order valence-electron chi connectivity index (χ2n) is 6.33. The lowest BCUT2D eigenvalue weighted by Crippen LogP contribution is -2.42. The Kier molecular flexibility index (Phi) is 6.28. The fourth-order valence-corrected chi connectivity index (χ4v) is 2.79. The normalized spacial score (nSPS) is 12.4. The van der Waals surface area contributed by atoms with E-state index >= 15 is 0 Å². The molecule has 3 aromatic rings. The summed E-state index contributed by atoms with van der Waals surface area (Å²) in [4.78, 5) is 23.8. The van der Waals surface area contributed by atoms with Crippen molar-refractivity contribution in [2.24, 2.45) is 0 Å². The highest BCUT2D eigenvalue weighted by Crippen LogP contribution is 2.29. The largest absolute Gasteiger partial charge is 0.475 e. The van der Waals surface area contributed by atoms with Gasteiger partial charge in [0.15, 0.2) is 5.82 Å². The van der Waals surface area contributed by atoms with Gasteiger partial charge in [0, 0.05) is 25.0 Å². The summed E-state index contributed by atoms with van der Waals surface area (Å²) in [5, 5.41) is 8.04. The molecule has 0 aliphatic rings. The Balaban J connectivity index is 1.71. The fourth-order valence-electron chi connectivity index (χ4n) is 2.79. The molecule has 11 heteroatoms. The summed E-state index contributed by atoms with van der Waals surface area (Å²) in [5.74, 6) is 0.0408. The van der Waals surface area contributed by atoms with Gasteiger partial charge in [-0.15, -0.1) is 4.80 Å². The number of rotatable bonds is 7. The third-order valence-electron chi connectivity index (χ3n) is 4.29. The zero-order chi connectivity index (χ0) is 21.7. The number of alkyl halides is 3. The molecular weight excluding hydrogens is 401 g/mol. The van der Waals surface area contributed by atoms with Crippen LogP contribution in [0, 0.1) is 0 Å². The van der Waals surface area contributed by atoms with Gasteiger partial charge in [0.1, 0.15) is 6.61 Å². The van der Waals surface area contributed by atoms with Crippen LogP contribution in [-0.2, 0) is 6.18 Å². The smallest absolute Gasteiger partial charge is 0.417 e. The lowest BCUT2D eigenvalue weighted by Gasteiger charge is -2.28. The summed E-state index contributed by atoms with van der Waals surface area (Å²) >= 11 is 0. The van der Waals surface area contributed by atoms with Gasteiger partial charge in [-0.05, 0) is 32.0 Å². The fraction of sp³-hybridized carbons (Fsp3) is 0.316. The summed E-state index contributed by atoms with van der Waals surface area (Å²) in [6.45, 7) is 4.01. The molecular formula is C19H19F3N6O2. The minimum absolute atomic E-state index is 0.0427. The molecule has 0 unspecified atom stereocenters. The van der Waals surface area contributed by atoms with Gasteiger partial charge in [0.2, 0.25) is 5.88 Å². The molecule has 0 saturated heterocycles. The first-order chi connectivity index (χ1) is 14.3. The maximum Gasteiger partial charge on any atom is 0.417 e. The van der Waals surface area contributed by atoms with E-state index in [1.54, 1.807) is 24.0 Å². The number of likely N-dealkylation sites (N-methyl/N-ethyl adjacent to an activating group) is 1. The highest BCUT2D eigenvalue weighted by molar-refractivity contribution is 5.97. The summed E-state index contributed by atoms with van der Waals surface area (Å²) in [6.07, 6.45) is 0.744. The number of halogens is 3. The monoisotopic (exact) mass is 420 g/mol. The van der Waals surface area contributed by atoms with Crippen LogP contribution < -0.4 is 4.74 Å². The van der Waals surface area contributed by atoms with Crippen molar-refractivity contribution < 1.29 is 22.7 Å². The molecule has 8 nitrogen and oxygen atoms in total. The first-order valence-corrected chi connectivity index (χ1v) is 9.10. The number of hydrogen-bond acceptors (Lipinski definition) is 6. The Labute approximate surface area is 170 Å². The molecule has 3 heterocycles. The van der Waals surface area contributed by atoms with Crippen LogP contribution >= 0.6 is 0 Å². The van der Waals surface area contributed by atoms with E-state index in [9.17, 15) is 18.0 Å². The van der Waals surface area contributed by atoms with Crippen molar-refractivity contribution in [2.45, 2.75) is 26.1 Å². The molecule has 0 aliphatic heterocycles. The van der Waals surface area contributed by atoms with Gasteiger partial charge >= 0.3 is 6.18 Å². The van der Waals surface area contributed by atoms with E-state index in [0.717, 1.165) is 12.1 Å². The molecule has 0 aromatic carbocycles. The predicted octanol–water partition coefficient (Wildman–Crippen LogP) is 3.01. The zero-order valence-electron chi connectivity index (χ0n) is 16.2. The van der Waals surface area contributed by atoms with Crippen LogP contribution in [-0.4, -0.2) is 55.0 Å². The van der Waals surface area contributed by atoms with Crippen LogP contribution in [0.5, 0.6) is 5.88 Å². The van der Waals surface area contributed by atoms with Crippen LogP contribution in [0.15, 0.2) is 49.1 Å². The Morgan fingerprint density at radius 1 is 1.17 bits per heavy atom. The molecule has 0 N–H and O–H groups in total. The van der Waals surface area contributed by atoms with Crippen LogP contribution in [0.4, 0.5) is 13.2 Å². The molecule has 0 radical (unpaired) electrons. The Morgan fingerprint density at radius 2 is 1.90 bits per heavy atom. The van der Waals surface area contributed by atoms with Crippen molar-refractivity contribution in [3.05, 3.63) is 60.2 Å². The van der Waals surface area contributed by atoms with E-state index in [1.165, 1.54) is 23.4 Å². The summed E-state index contributed by atoms with van der Waals surface area (Å²) in [6, 6.07) is 4.93. The van der Waals surface area contributed by atoms with Gasteiger partial charge in [0.05, 0.1) is 29.6 Å². The first-order valence-electron chi connectivity index (χ1n) is 9.10. The summed E-state index contributed by atoms with van der Waals surface area (Å²) in [7, 11) is 0. The molecule has 1 amide bonds. The van der Waals surface area contributed by atoms with Gasteiger partial charge in [-0.25, -0.2) is 9.97 Å². The number of aromatic nitrogens is 5.